The van der Waals surface area contributed by atoms with E-state index in [1.54, 1.807) is 18.2 Å². The second-order valence-corrected chi connectivity index (χ2v) is 3.98. The van der Waals surface area contributed by atoms with Crippen LogP contribution in [-0.2, 0) is 14.4 Å². The molecule has 108 valence electrons. The zero-order valence-corrected chi connectivity index (χ0v) is 10.7. The number of fused-ring (bicyclic) bond motifs is 1. The molecule has 2 amide bonds. The minimum absolute atomic E-state index is 0.109. The highest BCUT2D eigenvalue weighted by molar-refractivity contribution is 5.92. The van der Waals surface area contributed by atoms with Gasteiger partial charge in [0.25, 0.3) is 0 Å². The predicted molar refractivity (Wildman–Crippen MR) is 69.2 cm³/mol. The molecule has 2 rings (SSSR count). The monoisotopic (exact) mass is 281 g/mol. The summed E-state index contributed by atoms with van der Waals surface area (Å²) in [6.07, 6.45) is 0. The van der Waals surface area contributed by atoms with Crippen molar-refractivity contribution < 1.29 is 23.9 Å². The molecule has 1 heterocycles. The molecule has 0 radical (unpaired) electrons. The lowest BCUT2D eigenvalue weighted by molar-refractivity contribution is -0.127. The van der Waals surface area contributed by atoms with Crippen LogP contribution in [0.3, 0.4) is 0 Å². The molecule has 0 fully saturated rings. The quantitative estimate of drug-likeness (QED) is 0.474. The van der Waals surface area contributed by atoms with Crippen molar-refractivity contribution in [3.63, 3.8) is 0 Å². The Morgan fingerprint density at radius 3 is 2.75 bits per heavy atom. The molecule has 0 spiro atoms. The third kappa shape index (κ3) is 4.11. The van der Waals surface area contributed by atoms with Gasteiger partial charge in [-0.3, -0.25) is 14.4 Å². The van der Waals surface area contributed by atoms with Crippen molar-refractivity contribution in [2.24, 2.45) is 5.73 Å². The van der Waals surface area contributed by atoms with Gasteiger partial charge in [0.05, 0.1) is 0 Å². The fourth-order valence-electron chi connectivity index (χ4n) is 1.57. The Morgan fingerprint density at radius 1 is 1.25 bits per heavy atom. The largest absolute Gasteiger partial charge is 0.486 e. The first-order chi connectivity index (χ1) is 9.65. The van der Waals surface area contributed by atoms with Crippen LogP contribution in [0.25, 0.3) is 0 Å². The number of anilines is 1. The molecule has 1 aromatic rings. The van der Waals surface area contributed by atoms with E-state index >= 15 is 0 Å². The van der Waals surface area contributed by atoms with Gasteiger partial charge in [0.15, 0.2) is 11.5 Å². The van der Waals surface area contributed by atoms with Crippen molar-refractivity contribution in [1.82, 2.24) is 5.48 Å². The standard InChI is InChI=1S/C12H15N3O5/c13-11(16)7-20-14-6-12(17)15-8-1-2-9-10(5-8)19-4-3-18-9/h1-2,5,14H,3-4,6-7H2,(H2,13,16)(H,15,17). The van der Waals surface area contributed by atoms with E-state index in [4.69, 9.17) is 15.2 Å². The van der Waals surface area contributed by atoms with Crippen molar-refractivity contribution in [1.29, 1.82) is 0 Å². The molecule has 4 N–H and O–H groups in total. The number of carbonyl (C=O) groups excluding carboxylic acids is 2. The Kier molecular flexibility index (Phi) is 4.75. The summed E-state index contributed by atoms with van der Waals surface area (Å²) in [5, 5.41) is 2.65. The molecule has 20 heavy (non-hydrogen) atoms. The van der Waals surface area contributed by atoms with Gasteiger partial charge in [-0.05, 0) is 12.1 Å². The maximum atomic E-state index is 11.6. The number of ether oxygens (including phenoxy) is 2. The minimum Gasteiger partial charge on any atom is -0.486 e. The second kappa shape index (κ2) is 6.73. The van der Waals surface area contributed by atoms with Gasteiger partial charge in [-0.15, -0.1) is 0 Å². The molecule has 8 nitrogen and oxygen atoms in total. The van der Waals surface area contributed by atoms with Gasteiger partial charge >= 0.3 is 0 Å². The number of carbonyl (C=O) groups is 2. The molecule has 1 aliphatic heterocycles. The van der Waals surface area contributed by atoms with Crippen LogP contribution in [0.2, 0.25) is 0 Å². The third-order valence-electron chi connectivity index (χ3n) is 2.38. The van der Waals surface area contributed by atoms with Crippen molar-refractivity contribution in [3.8, 4) is 11.5 Å². The van der Waals surface area contributed by atoms with Crippen LogP contribution >= 0.6 is 0 Å². The van der Waals surface area contributed by atoms with Crippen LogP contribution in [0.1, 0.15) is 0 Å². The molecule has 1 aliphatic rings. The summed E-state index contributed by atoms with van der Waals surface area (Å²) in [5.74, 6) is 0.292. The molecule has 0 saturated heterocycles. The van der Waals surface area contributed by atoms with Crippen LogP contribution in [0, 0.1) is 0 Å². The smallest absolute Gasteiger partial charge is 0.245 e. The average Bonchev–Trinajstić information content (AvgIpc) is 2.43. The first kappa shape index (κ1) is 14.1. The lowest BCUT2D eigenvalue weighted by Gasteiger charge is -2.19. The molecule has 0 atom stereocenters. The Hall–Kier alpha value is -2.32. The maximum absolute atomic E-state index is 11.6. The van der Waals surface area contributed by atoms with Crippen LogP contribution in [0.4, 0.5) is 5.69 Å². The summed E-state index contributed by atoms with van der Waals surface area (Å²) in [7, 11) is 0. The van der Waals surface area contributed by atoms with Crippen LogP contribution in [-0.4, -0.2) is 38.2 Å². The average molecular weight is 281 g/mol. The molecular weight excluding hydrogens is 266 g/mol. The fraction of sp³-hybridized carbons (Fsp3) is 0.333. The number of hydrogen-bond donors (Lipinski definition) is 3. The van der Waals surface area contributed by atoms with Gasteiger partial charge in [-0.25, -0.2) is 0 Å². The summed E-state index contributed by atoms with van der Waals surface area (Å²) < 4.78 is 10.8. The molecule has 0 saturated carbocycles. The molecule has 0 bridgehead atoms. The molecule has 8 heteroatoms. The number of hydrogen-bond acceptors (Lipinski definition) is 6. The van der Waals surface area contributed by atoms with Gasteiger partial charge in [0, 0.05) is 11.8 Å². The topological polar surface area (TPSA) is 112 Å². The first-order valence-electron chi connectivity index (χ1n) is 5.97. The number of benzene rings is 1. The van der Waals surface area contributed by atoms with Crippen molar-refractivity contribution in [2.45, 2.75) is 0 Å². The van der Waals surface area contributed by atoms with E-state index in [0.29, 0.717) is 30.4 Å². The summed E-state index contributed by atoms with van der Waals surface area (Å²) >= 11 is 0. The summed E-state index contributed by atoms with van der Waals surface area (Å²) in [6.45, 7) is 0.589. The van der Waals surface area contributed by atoms with E-state index in [9.17, 15) is 9.59 Å². The highest BCUT2D eigenvalue weighted by atomic mass is 16.6. The van der Waals surface area contributed by atoms with Crippen LogP contribution in [0.15, 0.2) is 18.2 Å². The molecule has 1 aromatic carbocycles. The Bertz CT molecular complexity index is 506. The third-order valence-corrected chi connectivity index (χ3v) is 2.38. The Labute approximate surface area is 115 Å². The minimum atomic E-state index is -0.621. The lowest BCUT2D eigenvalue weighted by Crippen LogP contribution is -2.31. The van der Waals surface area contributed by atoms with E-state index in [-0.39, 0.29) is 19.1 Å². The van der Waals surface area contributed by atoms with E-state index in [0.717, 1.165) is 0 Å². The fourth-order valence-corrected chi connectivity index (χ4v) is 1.57. The van der Waals surface area contributed by atoms with Crippen molar-refractivity contribution in [3.05, 3.63) is 18.2 Å². The van der Waals surface area contributed by atoms with Crippen LogP contribution in [0.5, 0.6) is 11.5 Å². The maximum Gasteiger partial charge on any atom is 0.245 e. The molecule has 0 unspecified atom stereocenters. The summed E-state index contributed by atoms with van der Waals surface area (Å²) in [4.78, 5) is 26.6. The first-order valence-corrected chi connectivity index (χ1v) is 5.97. The molecular formula is C12H15N3O5. The zero-order chi connectivity index (χ0) is 14.4. The van der Waals surface area contributed by atoms with Crippen molar-refractivity contribution >= 4 is 17.5 Å². The van der Waals surface area contributed by atoms with Gasteiger partial charge < -0.3 is 20.5 Å². The highest BCUT2D eigenvalue weighted by Gasteiger charge is 2.12. The van der Waals surface area contributed by atoms with Crippen LogP contribution < -0.4 is 26.0 Å². The lowest BCUT2D eigenvalue weighted by atomic mass is 10.2. The summed E-state index contributed by atoms with van der Waals surface area (Å²) in [6, 6.07) is 5.10. The number of rotatable bonds is 6. The number of nitrogens with two attached hydrogens (primary N) is 1. The molecule has 0 aliphatic carbocycles. The zero-order valence-electron chi connectivity index (χ0n) is 10.7. The number of primary amides is 1. The second-order valence-electron chi connectivity index (χ2n) is 3.98. The SMILES string of the molecule is NC(=O)CONCC(=O)Nc1ccc2c(c1)OCCO2. The highest BCUT2D eigenvalue weighted by Crippen LogP contribution is 2.32. The summed E-state index contributed by atoms with van der Waals surface area (Å²) in [5.41, 5.74) is 7.78. The van der Waals surface area contributed by atoms with Gasteiger partial charge in [-0.1, -0.05) is 0 Å². The van der Waals surface area contributed by atoms with Gasteiger partial charge in [-0.2, -0.15) is 5.48 Å². The predicted octanol–water partition coefficient (Wildman–Crippen LogP) is -0.597. The Balaban J connectivity index is 1.80. The number of hydroxylamine groups is 1. The van der Waals surface area contributed by atoms with E-state index in [1.807, 2.05) is 0 Å². The van der Waals surface area contributed by atoms with Crippen molar-refractivity contribution in [2.75, 3.05) is 31.7 Å². The van der Waals surface area contributed by atoms with E-state index in [1.165, 1.54) is 0 Å². The van der Waals surface area contributed by atoms with Gasteiger partial charge in [0.1, 0.15) is 26.4 Å². The van der Waals surface area contributed by atoms with E-state index < -0.39 is 5.91 Å². The van der Waals surface area contributed by atoms with E-state index in [2.05, 4.69) is 15.6 Å². The Morgan fingerprint density at radius 2 is 2.00 bits per heavy atom. The number of nitrogens with one attached hydrogen (secondary N) is 2. The normalized spacial score (nSPS) is 12.8. The van der Waals surface area contributed by atoms with Gasteiger partial charge in [0.2, 0.25) is 11.8 Å². The molecule has 0 aromatic heterocycles. The number of amides is 2.